The number of hydrogen-bond acceptors (Lipinski definition) is 4. The Bertz CT molecular complexity index is 2760. The molecule has 3 heterocycles. The fraction of sp³-hybridized carbons (Fsp3) is 0.130. The number of aromatic nitrogens is 3. The maximum Gasteiger partial charge on any atom is 0.149 e. The Kier molecular flexibility index (Phi) is 7.25. The summed E-state index contributed by atoms with van der Waals surface area (Å²) in [5, 5.41) is 15.6. The maximum atomic E-state index is 11.3. The molecule has 0 saturated carbocycles. The van der Waals surface area contributed by atoms with Crippen molar-refractivity contribution in [3.8, 4) is 45.2 Å². The molecule has 0 bridgehead atoms. The summed E-state index contributed by atoms with van der Waals surface area (Å²) in [5.41, 5.74) is 11.5. The van der Waals surface area contributed by atoms with Gasteiger partial charge in [-0.2, -0.15) is 0 Å². The van der Waals surface area contributed by atoms with Crippen molar-refractivity contribution in [1.29, 1.82) is 0 Å². The van der Waals surface area contributed by atoms with Crippen LogP contribution in [-0.2, 0) is 0 Å². The van der Waals surface area contributed by atoms with E-state index in [1.165, 1.54) is 11.1 Å². The second-order valence-corrected chi connectivity index (χ2v) is 14.0. The summed E-state index contributed by atoms with van der Waals surface area (Å²) < 4.78 is 8.84. The average Bonchev–Trinajstić information content (AvgIpc) is 3.73. The van der Waals surface area contributed by atoms with E-state index < -0.39 is 0 Å². The molecule has 0 unspecified atom stereocenters. The van der Waals surface area contributed by atoms with Crippen molar-refractivity contribution in [2.75, 3.05) is 0 Å². The number of hydrogen-bond donors (Lipinski definition) is 1. The molecule has 0 amide bonds. The Morgan fingerprint density at radius 2 is 1.31 bits per heavy atom. The number of aromatic hydroxyl groups is 1. The van der Waals surface area contributed by atoms with Gasteiger partial charge in [0.05, 0.1) is 28.0 Å². The highest BCUT2D eigenvalue weighted by Gasteiger charge is 2.25. The molecular formula is C46H37N3O2. The van der Waals surface area contributed by atoms with E-state index in [1.54, 1.807) is 6.07 Å². The number of phenols is 1. The molecule has 5 nitrogen and oxygen atoms in total. The van der Waals surface area contributed by atoms with Gasteiger partial charge in [0.25, 0.3) is 0 Å². The van der Waals surface area contributed by atoms with Gasteiger partial charge in [-0.15, -0.1) is 0 Å². The molecule has 9 aromatic rings. The van der Waals surface area contributed by atoms with Gasteiger partial charge in [-0.3, -0.25) is 9.55 Å². The second-order valence-electron chi connectivity index (χ2n) is 14.0. The van der Waals surface area contributed by atoms with E-state index in [9.17, 15) is 5.11 Å². The van der Waals surface area contributed by atoms with Gasteiger partial charge in [-0.25, -0.2) is 4.98 Å². The number of fused-ring (bicyclic) bond motifs is 5. The first-order valence-corrected chi connectivity index (χ1v) is 17.6. The lowest BCUT2D eigenvalue weighted by atomic mass is 9.92. The fourth-order valence-corrected chi connectivity index (χ4v) is 7.58. The second kappa shape index (κ2) is 12.0. The van der Waals surface area contributed by atoms with Gasteiger partial charge in [-0.05, 0) is 76.4 Å². The zero-order valence-electron chi connectivity index (χ0n) is 29.1. The molecule has 5 heteroatoms. The van der Waals surface area contributed by atoms with E-state index in [2.05, 4.69) is 117 Å². The van der Waals surface area contributed by atoms with Crippen LogP contribution < -0.4 is 0 Å². The summed E-state index contributed by atoms with van der Waals surface area (Å²) in [4.78, 5) is 10.4. The highest BCUT2D eigenvalue weighted by atomic mass is 16.3. The zero-order valence-corrected chi connectivity index (χ0v) is 29.1. The average molecular weight is 664 g/mol. The van der Waals surface area contributed by atoms with Crippen molar-refractivity contribution in [3.05, 3.63) is 145 Å². The van der Waals surface area contributed by atoms with Crippen LogP contribution in [0.5, 0.6) is 5.75 Å². The Labute approximate surface area is 296 Å². The van der Waals surface area contributed by atoms with E-state index in [0.717, 1.165) is 71.8 Å². The Morgan fingerprint density at radius 1 is 0.627 bits per heavy atom. The molecular weight excluding hydrogens is 627 g/mol. The summed E-state index contributed by atoms with van der Waals surface area (Å²) in [6, 6.07) is 43.5. The summed E-state index contributed by atoms with van der Waals surface area (Å²) in [7, 11) is 0. The first-order chi connectivity index (χ1) is 24.9. The van der Waals surface area contributed by atoms with Gasteiger partial charge in [0.15, 0.2) is 0 Å². The van der Waals surface area contributed by atoms with Crippen LogP contribution in [0.15, 0.2) is 138 Å². The quantitative estimate of drug-likeness (QED) is 0.192. The standard InChI is InChI=1S/C46H37N3O2/c1-27(2)32-17-11-18-33(28(3)4)44(32)49-40-20-12-19-34(43(40)48-46(49)36-16-7-9-21-41(36)50)31-23-37-35-15-8-10-22-42(35)51-45(37)38(24-31)39-25-29-13-5-6-14-30(29)26-47-39/h5-28,50H,1-4H3. The predicted octanol–water partition coefficient (Wildman–Crippen LogP) is 12.4. The molecule has 0 aliphatic carbocycles. The third-order valence-corrected chi connectivity index (χ3v) is 10.1. The van der Waals surface area contributed by atoms with Gasteiger partial charge >= 0.3 is 0 Å². The van der Waals surface area contributed by atoms with Crippen molar-refractivity contribution in [2.45, 2.75) is 39.5 Å². The minimum absolute atomic E-state index is 0.194. The molecule has 248 valence electrons. The molecule has 0 aliphatic rings. The minimum Gasteiger partial charge on any atom is -0.507 e. The van der Waals surface area contributed by atoms with E-state index in [1.807, 2.05) is 42.6 Å². The normalized spacial score (nSPS) is 12.0. The molecule has 0 fully saturated rings. The lowest BCUT2D eigenvalue weighted by Crippen LogP contribution is -2.08. The van der Waals surface area contributed by atoms with Gasteiger partial charge in [0.1, 0.15) is 22.7 Å². The number of furan rings is 1. The zero-order chi connectivity index (χ0) is 34.8. The van der Waals surface area contributed by atoms with E-state index in [0.29, 0.717) is 11.4 Å². The third-order valence-electron chi connectivity index (χ3n) is 10.1. The van der Waals surface area contributed by atoms with Crippen LogP contribution in [0.2, 0.25) is 0 Å². The Hall–Kier alpha value is -6.20. The minimum atomic E-state index is 0.194. The summed E-state index contributed by atoms with van der Waals surface area (Å²) >= 11 is 0. The van der Waals surface area contributed by atoms with Gasteiger partial charge in [0.2, 0.25) is 0 Å². The largest absolute Gasteiger partial charge is 0.507 e. The van der Waals surface area contributed by atoms with Crippen molar-refractivity contribution in [3.63, 3.8) is 0 Å². The lowest BCUT2D eigenvalue weighted by molar-refractivity contribution is 0.477. The number of rotatable bonds is 6. The predicted molar refractivity (Wildman–Crippen MR) is 210 cm³/mol. The highest BCUT2D eigenvalue weighted by molar-refractivity contribution is 6.12. The van der Waals surface area contributed by atoms with Gasteiger partial charge in [0, 0.05) is 33.5 Å². The molecule has 0 saturated heterocycles. The summed E-state index contributed by atoms with van der Waals surface area (Å²) in [5.74, 6) is 1.44. The van der Waals surface area contributed by atoms with Crippen LogP contribution in [0.3, 0.4) is 0 Å². The number of nitrogens with zero attached hydrogens (tertiary/aromatic N) is 3. The van der Waals surface area contributed by atoms with Crippen LogP contribution >= 0.6 is 0 Å². The van der Waals surface area contributed by atoms with E-state index in [-0.39, 0.29) is 17.6 Å². The highest BCUT2D eigenvalue weighted by Crippen LogP contribution is 2.44. The molecule has 0 atom stereocenters. The van der Waals surface area contributed by atoms with Crippen molar-refractivity contribution in [2.24, 2.45) is 0 Å². The molecule has 9 rings (SSSR count). The Balaban J connectivity index is 1.38. The number of phenolic OH excluding ortho intramolecular Hbond substituents is 1. The van der Waals surface area contributed by atoms with Crippen molar-refractivity contribution in [1.82, 2.24) is 14.5 Å². The summed E-state index contributed by atoms with van der Waals surface area (Å²) in [6.07, 6.45) is 1.94. The first kappa shape index (κ1) is 30.8. The van der Waals surface area contributed by atoms with E-state index >= 15 is 0 Å². The Morgan fingerprint density at radius 3 is 2.10 bits per heavy atom. The van der Waals surface area contributed by atoms with E-state index in [4.69, 9.17) is 14.4 Å². The van der Waals surface area contributed by atoms with Crippen LogP contribution in [0.4, 0.5) is 0 Å². The molecule has 0 radical (unpaired) electrons. The lowest BCUT2D eigenvalue weighted by Gasteiger charge is -2.22. The van der Waals surface area contributed by atoms with Crippen molar-refractivity contribution < 1.29 is 9.52 Å². The van der Waals surface area contributed by atoms with Crippen LogP contribution in [0.1, 0.15) is 50.7 Å². The van der Waals surface area contributed by atoms with Crippen LogP contribution in [0.25, 0.3) is 83.2 Å². The fourth-order valence-electron chi connectivity index (χ4n) is 7.58. The molecule has 6 aromatic carbocycles. The molecule has 1 N–H and O–H groups in total. The topological polar surface area (TPSA) is 64.1 Å². The molecule has 51 heavy (non-hydrogen) atoms. The van der Waals surface area contributed by atoms with Gasteiger partial charge in [-0.1, -0.05) is 113 Å². The molecule has 0 aliphatic heterocycles. The number of benzene rings is 6. The van der Waals surface area contributed by atoms with Crippen LogP contribution in [-0.4, -0.2) is 19.6 Å². The van der Waals surface area contributed by atoms with Crippen molar-refractivity contribution >= 4 is 43.7 Å². The smallest absolute Gasteiger partial charge is 0.149 e. The monoisotopic (exact) mass is 663 g/mol. The maximum absolute atomic E-state index is 11.3. The third kappa shape index (κ3) is 4.99. The summed E-state index contributed by atoms with van der Waals surface area (Å²) in [6.45, 7) is 8.94. The van der Waals surface area contributed by atoms with Crippen LogP contribution in [0, 0.1) is 0 Å². The number of pyridine rings is 1. The number of imidazole rings is 1. The molecule has 3 aromatic heterocycles. The number of para-hydroxylation sites is 4. The SMILES string of the molecule is CC(C)c1cccc(C(C)C)c1-n1c(-c2ccccc2O)nc2c(-c3cc(-c4cc5ccccc5cn4)c4oc5ccccc5c4c3)cccc21. The first-order valence-electron chi connectivity index (χ1n) is 17.6. The van der Waals surface area contributed by atoms with Gasteiger partial charge < -0.3 is 9.52 Å². The molecule has 0 spiro atoms.